The zero-order valence-corrected chi connectivity index (χ0v) is 14.9. The molecule has 0 spiro atoms. The molecule has 0 aliphatic carbocycles. The molecule has 0 fully saturated rings. The summed E-state index contributed by atoms with van der Waals surface area (Å²) in [6.07, 6.45) is 4.30. The molecule has 21 heavy (non-hydrogen) atoms. The first-order valence-corrected chi connectivity index (χ1v) is 8.91. The molecule has 0 aromatic heterocycles. The molecular formula is C17H30N2OS. The van der Waals surface area contributed by atoms with E-state index in [4.69, 9.17) is 10.5 Å². The quantitative estimate of drug-likeness (QED) is 0.761. The Morgan fingerprint density at radius 1 is 1.33 bits per heavy atom. The molecule has 2 N–H and O–H groups in total. The van der Waals surface area contributed by atoms with Gasteiger partial charge in [-0.15, -0.1) is 0 Å². The lowest BCUT2D eigenvalue weighted by molar-refractivity contribution is 0.0985. The Labute approximate surface area is 134 Å². The van der Waals surface area contributed by atoms with E-state index in [2.05, 4.69) is 44.2 Å². The maximum Gasteiger partial charge on any atom is 0.118 e. The first-order chi connectivity index (χ1) is 9.96. The fourth-order valence-electron chi connectivity index (χ4n) is 2.54. The average Bonchev–Trinajstić information content (AvgIpc) is 2.52. The summed E-state index contributed by atoms with van der Waals surface area (Å²) in [5.41, 5.74) is 7.38. The Kier molecular flexibility index (Phi) is 7.57. The lowest BCUT2D eigenvalue weighted by atomic mass is 9.89. The van der Waals surface area contributed by atoms with E-state index in [1.165, 1.54) is 17.7 Å². The van der Waals surface area contributed by atoms with Crippen LogP contribution in [0.2, 0.25) is 0 Å². The molecule has 2 atom stereocenters. The van der Waals surface area contributed by atoms with Crippen LogP contribution in [0, 0.1) is 0 Å². The third-order valence-corrected chi connectivity index (χ3v) is 5.08. The molecule has 120 valence electrons. The smallest absolute Gasteiger partial charge is 0.118 e. The normalized spacial score (nSPS) is 15.8. The molecule has 0 bridgehead atoms. The molecule has 4 heteroatoms. The molecule has 2 unspecified atom stereocenters. The molecular weight excluding hydrogens is 280 g/mol. The van der Waals surface area contributed by atoms with Crippen molar-refractivity contribution >= 4 is 11.8 Å². The van der Waals surface area contributed by atoms with Crippen molar-refractivity contribution in [1.29, 1.82) is 0 Å². The molecule has 0 aliphatic rings. The van der Waals surface area contributed by atoms with Crippen LogP contribution < -0.4 is 10.5 Å². The van der Waals surface area contributed by atoms with Crippen molar-refractivity contribution < 1.29 is 4.74 Å². The molecule has 3 nitrogen and oxygen atoms in total. The van der Waals surface area contributed by atoms with Gasteiger partial charge >= 0.3 is 0 Å². The third kappa shape index (κ3) is 5.20. The highest BCUT2D eigenvalue weighted by Crippen LogP contribution is 2.24. The van der Waals surface area contributed by atoms with Gasteiger partial charge in [0.15, 0.2) is 0 Å². The molecule has 0 amide bonds. The molecule has 0 heterocycles. The number of nitrogens with zero attached hydrogens (tertiary/aromatic N) is 1. The van der Waals surface area contributed by atoms with Crippen LogP contribution in [0.5, 0.6) is 5.75 Å². The molecule has 0 aliphatic heterocycles. The average molecular weight is 311 g/mol. The van der Waals surface area contributed by atoms with Gasteiger partial charge in [-0.25, -0.2) is 0 Å². The maximum atomic E-state index is 6.11. The van der Waals surface area contributed by atoms with Crippen molar-refractivity contribution in [2.24, 2.45) is 5.73 Å². The highest BCUT2D eigenvalue weighted by Gasteiger charge is 2.30. The second-order valence-electron chi connectivity index (χ2n) is 5.97. The number of benzene rings is 1. The molecule has 1 aromatic rings. The highest BCUT2D eigenvalue weighted by atomic mass is 32.2. The number of thioether (sulfide) groups is 1. The Balaban J connectivity index is 2.77. The van der Waals surface area contributed by atoms with Crippen molar-refractivity contribution in [2.75, 3.05) is 32.7 Å². The second kappa shape index (κ2) is 8.66. The van der Waals surface area contributed by atoms with Gasteiger partial charge in [-0.3, -0.25) is 4.90 Å². The number of nitrogens with two attached hydrogens (primary N) is 1. The second-order valence-corrected chi connectivity index (χ2v) is 6.95. The maximum absolute atomic E-state index is 6.11. The summed E-state index contributed by atoms with van der Waals surface area (Å²) in [7, 11) is 3.89. The van der Waals surface area contributed by atoms with Crippen LogP contribution in [0.15, 0.2) is 24.3 Å². The van der Waals surface area contributed by atoms with Crippen LogP contribution in [0.1, 0.15) is 25.8 Å². The topological polar surface area (TPSA) is 38.5 Å². The summed E-state index contributed by atoms with van der Waals surface area (Å²) >= 11 is 1.90. The van der Waals surface area contributed by atoms with Gasteiger partial charge < -0.3 is 10.5 Å². The van der Waals surface area contributed by atoms with Gasteiger partial charge in [-0.05, 0) is 63.4 Å². The fraction of sp³-hybridized carbons (Fsp3) is 0.647. The van der Waals surface area contributed by atoms with Crippen molar-refractivity contribution in [3.05, 3.63) is 29.8 Å². The van der Waals surface area contributed by atoms with E-state index in [-0.39, 0.29) is 5.54 Å². The van der Waals surface area contributed by atoms with E-state index in [0.29, 0.717) is 12.6 Å². The molecule has 0 saturated carbocycles. The van der Waals surface area contributed by atoms with Gasteiger partial charge in [-0.1, -0.05) is 12.1 Å². The van der Waals surface area contributed by atoms with E-state index in [0.717, 1.165) is 12.2 Å². The third-order valence-electron chi connectivity index (χ3n) is 4.44. The fourth-order valence-corrected chi connectivity index (χ4v) is 3.11. The van der Waals surface area contributed by atoms with E-state index >= 15 is 0 Å². The number of ether oxygens (including phenoxy) is 1. The van der Waals surface area contributed by atoms with Gasteiger partial charge in [-0.2, -0.15) is 11.8 Å². The predicted octanol–water partition coefficient (Wildman–Crippen LogP) is 3.03. The Bertz CT molecular complexity index is 410. The number of rotatable bonds is 9. The van der Waals surface area contributed by atoms with E-state index in [1.807, 2.05) is 23.9 Å². The van der Waals surface area contributed by atoms with Gasteiger partial charge in [0.2, 0.25) is 0 Å². The number of likely N-dealkylation sites (N-methyl/N-ethyl adjacent to an activating group) is 1. The summed E-state index contributed by atoms with van der Waals surface area (Å²) in [6.45, 7) is 5.20. The summed E-state index contributed by atoms with van der Waals surface area (Å²) in [4.78, 5) is 2.44. The number of hydrogen-bond donors (Lipinski definition) is 1. The van der Waals surface area contributed by atoms with Gasteiger partial charge in [0, 0.05) is 18.1 Å². The minimum Gasteiger partial charge on any atom is -0.497 e. The summed E-state index contributed by atoms with van der Waals surface area (Å²) in [5, 5.41) is 0. The first-order valence-electron chi connectivity index (χ1n) is 7.51. The van der Waals surface area contributed by atoms with Crippen LogP contribution in [-0.4, -0.2) is 49.2 Å². The van der Waals surface area contributed by atoms with E-state index in [1.54, 1.807) is 7.11 Å². The predicted molar refractivity (Wildman–Crippen MR) is 94.4 cm³/mol. The van der Waals surface area contributed by atoms with Crippen LogP contribution in [0.4, 0.5) is 0 Å². The van der Waals surface area contributed by atoms with Crippen LogP contribution in [0.3, 0.4) is 0 Å². The lowest BCUT2D eigenvalue weighted by Gasteiger charge is -2.42. The van der Waals surface area contributed by atoms with Crippen molar-refractivity contribution in [3.8, 4) is 5.75 Å². The van der Waals surface area contributed by atoms with Gasteiger partial charge in [0.05, 0.1) is 7.11 Å². The minimum atomic E-state index is -0.0214. The van der Waals surface area contributed by atoms with Crippen LogP contribution >= 0.6 is 11.8 Å². The number of methoxy groups -OCH3 is 1. The van der Waals surface area contributed by atoms with E-state index in [9.17, 15) is 0 Å². The van der Waals surface area contributed by atoms with Crippen molar-refractivity contribution in [1.82, 2.24) is 4.90 Å². The standard InChI is InChI=1S/C17H30N2OS/c1-14(10-11-21-5)19(3)17(2,13-18)12-15-6-8-16(20-4)9-7-15/h6-9,14H,10-13,18H2,1-5H3. The molecule has 1 aromatic carbocycles. The lowest BCUT2D eigenvalue weighted by Crippen LogP contribution is -2.54. The Hall–Kier alpha value is -0.710. The van der Waals surface area contributed by atoms with Crippen molar-refractivity contribution in [2.45, 2.75) is 38.3 Å². The van der Waals surface area contributed by atoms with E-state index < -0.39 is 0 Å². The first kappa shape index (κ1) is 18.3. The summed E-state index contributed by atoms with van der Waals surface area (Å²) in [5.74, 6) is 2.09. The zero-order valence-electron chi connectivity index (χ0n) is 14.1. The summed E-state index contributed by atoms with van der Waals surface area (Å²) in [6, 6.07) is 8.83. The minimum absolute atomic E-state index is 0.0214. The molecule has 0 saturated heterocycles. The SMILES string of the molecule is COc1ccc(CC(C)(CN)N(C)C(C)CCSC)cc1. The monoisotopic (exact) mass is 310 g/mol. The van der Waals surface area contributed by atoms with Crippen LogP contribution in [0.25, 0.3) is 0 Å². The van der Waals surface area contributed by atoms with Crippen molar-refractivity contribution in [3.63, 3.8) is 0 Å². The van der Waals surface area contributed by atoms with Gasteiger partial charge in [0.1, 0.15) is 5.75 Å². The van der Waals surface area contributed by atoms with Crippen LogP contribution in [-0.2, 0) is 6.42 Å². The largest absolute Gasteiger partial charge is 0.497 e. The van der Waals surface area contributed by atoms with Gasteiger partial charge in [0.25, 0.3) is 0 Å². The highest BCUT2D eigenvalue weighted by molar-refractivity contribution is 7.98. The number of hydrogen-bond acceptors (Lipinski definition) is 4. The Morgan fingerprint density at radius 3 is 2.43 bits per heavy atom. The Morgan fingerprint density at radius 2 is 1.95 bits per heavy atom. The summed E-state index contributed by atoms with van der Waals surface area (Å²) < 4.78 is 5.22. The molecule has 0 radical (unpaired) electrons. The zero-order chi connectivity index (χ0) is 15.9. The molecule has 1 rings (SSSR count).